The van der Waals surface area contributed by atoms with E-state index in [4.69, 9.17) is 10.7 Å². The zero-order valence-corrected chi connectivity index (χ0v) is 17.9. The predicted molar refractivity (Wildman–Crippen MR) is 125 cm³/mol. The Kier molecular flexibility index (Phi) is 5.77. The number of rotatable bonds is 6. The molecule has 30 heavy (non-hydrogen) atoms. The van der Waals surface area contributed by atoms with Crippen LogP contribution in [0.3, 0.4) is 0 Å². The number of aryl methyl sites for hydroxylation is 2. The Balaban J connectivity index is 1.57. The number of hydrogen-bond donors (Lipinski definition) is 2. The molecule has 0 aliphatic heterocycles. The first-order valence-electron chi connectivity index (χ1n) is 9.79. The van der Waals surface area contributed by atoms with Crippen molar-refractivity contribution in [2.75, 3.05) is 16.8 Å². The highest BCUT2D eigenvalue weighted by atomic mass is 32.2. The Morgan fingerprint density at radius 1 is 1.03 bits per heavy atom. The number of thioether (sulfide) groups is 1. The summed E-state index contributed by atoms with van der Waals surface area (Å²) in [5.41, 5.74) is 12.8. The van der Waals surface area contributed by atoms with Gasteiger partial charge < -0.3 is 15.6 Å². The van der Waals surface area contributed by atoms with E-state index in [0.29, 0.717) is 17.9 Å². The molecule has 6 heteroatoms. The number of para-hydroxylation sites is 4. The molecule has 3 N–H and O–H groups in total. The molecule has 3 aromatic carbocycles. The fourth-order valence-electron chi connectivity index (χ4n) is 3.59. The summed E-state index contributed by atoms with van der Waals surface area (Å²) >= 11 is 1.43. The Hall–Kier alpha value is -3.25. The van der Waals surface area contributed by atoms with Crippen molar-refractivity contribution in [1.29, 1.82) is 0 Å². The maximum Gasteiger partial charge on any atom is 0.234 e. The summed E-state index contributed by atoms with van der Waals surface area (Å²) in [6, 6.07) is 21.9. The number of amides is 1. The highest BCUT2D eigenvalue weighted by Gasteiger charge is 2.14. The van der Waals surface area contributed by atoms with Crippen molar-refractivity contribution in [2.24, 2.45) is 0 Å². The van der Waals surface area contributed by atoms with Crippen molar-refractivity contribution in [2.45, 2.75) is 25.5 Å². The van der Waals surface area contributed by atoms with Crippen molar-refractivity contribution in [3.63, 3.8) is 0 Å². The van der Waals surface area contributed by atoms with Gasteiger partial charge in [0.25, 0.3) is 0 Å². The van der Waals surface area contributed by atoms with E-state index in [-0.39, 0.29) is 11.7 Å². The molecule has 1 amide bonds. The maximum absolute atomic E-state index is 12.5. The number of imidazole rings is 1. The summed E-state index contributed by atoms with van der Waals surface area (Å²) in [5, 5.41) is 3.70. The second-order valence-corrected chi connectivity index (χ2v) is 8.33. The first kappa shape index (κ1) is 20.0. The van der Waals surface area contributed by atoms with Crippen molar-refractivity contribution in [1.82, 2.24) is 9.55 Å². The van der Waals surface area contributed by atoms with Gasteiger partial charge in [0, 0.05) is 0 Å². The number of hydrogen-bond acceptors (Lipinski definition) is 4. The largest absolute Gasteiger partial charge is 0.397 e. The van der Waals surface area contributed by atoms with Crippen LogP contribution < -0.4 is 11.1 Å². The van der Waals surface area contributed by atoms with Gasteiger partial charge in [0.2, 0.25) is 5.91 Å². The molecule has 4 rings (SSSR count). The number of nitrogens with one attached hydrogen (secondary N) is 1. The second-order valence-electron chi connectivity index (χ2n) is 7.39. The molecule has 152 valence electrons. The van der Waals surface area contributed by atoms with E-state index in [9.17, 15) is 4.79 Å². The minimum Gasteiger partial charge on any atom is -0.397 e. The average molecular weight is 417 g/mol. The summed E-state index contributed by atoms with van der Waals surface area (Å²) in [4.78, 5) is 17.3. The molecule has 0 unspecified atom stereocenters. The molecule has 4 aromatic rings. The topological polar surface area (TPSA) is 72.9 Å². The van der Waals surface area contributed by atoms with Crippen molar-refractivity contribution in [3.05, 3.63) is 83.4 Å². The Labute approximate surface area is 180 Å². The number of carbonyl (C=O) groups excluding carboxylic acids is 1. The van der Waals surface area contributed by atoms with Gasteiger partial charge in [-0.1, -0.05) is 65.4 Å². The molecule has 1 aromatic heterocycles. The van der Waals surface area contributed by atoms with Gasteiger partial charge in [0.15, 0.2) is 5.16 Å². The van der Waals surface area contributed by atoms with E-state index < -0.39 is 0 Å². The van der Waals surface area contributed by atoms with Crippen LogP contribution in [0.2, 0.25) is 0 Å². The maximum atomic E-state index is 12.5. The number of anilines is 2. The van der Waals surface area contributed by atoms with Gasteiger partial charge >= 0.3 is 0 Å². The number of nitrogens with zero attached hydrogens (tertiary/aromatic N) is 2. The van der Waals surface area contributed by atoms with Gasteiger partial charge in [0.05, 0.1) is 34.7 Å². The summed E-state index contributed by atoms with van der Waals surface area (Å²) < 4.78 is 2.18. The fraction of sp³-hybridized carbons (Fsp3) is 0.167. The van der Waals surface area contributed by atoms with Gasteiger partial charge in [-0.25, -0.2) is 4.98 Å². The van der Waals surface area contributed by atoms with Crippen LogP contribution in [0.25, 0.3) is 11.0 Å². The molecule has 0 bridgehead atoms. The molecule has 0 saturated heterocycles. The van der Waals surface area contributed by atoms with E-state index in [0.717, 1.165) is 16.2 Å². The quantitative estimate of drug-likeness (QED) is 0.342. The van der Waals surface area contributed by atoms with Crippen molar-refractivity contribution in [3.8, 4) is 0 Å². The molecule has 5 nitrogen and oxygen atoms in total. The van der Waals surface area contributed by atoms with Crippen LogP contribution >= 0.6 is 11.8 Å². The zero-order chi connectivity index (χ0) is 21.1. The number of carbonyl (C=O) groups is 1. The minimum atomic E-state index is -0.108. The van der Waals surface area contributed by atoms with Crippen LogP contribution in [0, 0.1) is 13.8 Å². The third-order valence-electron chi connectivity index (χ3n) is 4.81. The van der Waals surface area contributed by atoms with Gasteiger partial charge in [-0.05, 0) is 43.7 Å². The standard InChI is InChI=1S/C24H24N4OS/c1-16-11-17(2)13-18(12-16)14-28-22-10-6-5-9-21(22)27-24(28)30-15-23(29)26-20-8-4-3-7-19(20)25/h3-13H,14-15,25H2,1-2H3,(H,26,29). The fourth-order valence-corrected chi connectivity index (χ4v) is 4.40. The number of fused-ring (bicyclic) bond motifs is 1. The molecule has 0 atom stereocenters. The van der Waals surface area contributed by atoms with E-state index in [2.05, 4.69) is 48.0 Å². The van der Waals surface area contributed by atoms with Crippen LogP contribution in [0.5, 0.6) is 0 Å². The minimum absolute atomic E-state index is 0.108. The SMILES string of the molecule is Cc1cc(C)cc(Cn2c(SCC(=O)Nc3ccccc3N)nc3ccccc32)c1. The lowest BCUT2D eigenvalue weighted by Gasteiger charge is -2.11. The predicted octanol–water partition coefficient (Wildman–Crippen LogP) is 5.01. The molecule has 1 heterocycles. The lowest BCUT2D eigenvalue weighted by Crippen LogP contribution is -2.15. The van der Waals surface area contributed by atoms with E-state index in [1.807, 2.05) is 30.3 Å². The summed E-state index contributed by atoms with van der Waals surface area (Å²) in [6.07, 6.45) is 0. The summed E-state index contributed by atoms with van der Waals surface area (Å²) in [6.45, 7) is 4.92. The second kappa shape index (κ2) is 8.63. The van der Waals surface area contributed by atoms with E-state index >= 15 is 0 Å². The van der Waals surface area contributed by atoms with Gasteiger partial charge in [-0.3, -0.25) is 4.79 Å². The first-order valence-corrected chi connectivity index (χ1v) is 10.8. The summed E-state index contributed by atoms with van der Waals surface area (Å²) in [7, 11) is 0. The van der Waals surface area contributed by atoms with Crippen LogP contribution in [0.4, 0.5) is 11.4 Å². The first-order chi connectivity index (χ1) is 14.5. The highest BCUT2D eigenvalue weighted by Crippen LogP contribution is 2.26. The monoisotopic (exact) mass is 416 g/mol. The number of nitrogens with two attached hydrogens (primary N) is 1. The molecule has 0 aliphatic carbocycles. The molecular weight excluding hydrogens is 392 g/mol. The molecule has 0 saturated carbocycles. The molecule has 0 fully saturated rings. The number of nitrogen functional groups attached to an aromatic ring is 1. The Bertz CT molecular complexity index is 1190. The smallest absolute Gasteiger partial charge is 0.234 e. The Morgan fingerprint density at radius 2 is 1.73 bits per heavy atom. The third kappa shape index (κ3) is 4.49. The van der Waals surface area contributed by atoms with Crippen LogP contribution in [-0.4, -0.2) is 21.2 Å². The molecule has 0 radical (unpaired) electrons. The number of benzene rings is 3. The van der Waals surface area contributed by atoms with Crippen LogP contribution in [0.15, 0.2) is 71.9 Å². The summed E-state index contributed by atoms with van der Waals surface area (Å²) in [5.74, 6) is 0.146. The molecule has 0 spiro atoms. The zero-order valence-electron chi connectivity index (χ0n) is 17.1. The average Bonchev–Trinajstić information content (AvgIpc) is 3.05. The lowest BCUT2D eigenvalue weighted by molar-refractivity contribution is -0.113. The molecule has 0 aliphatic rings. The van der Waals surface area contributed by atoms with Crippen molar-refractivity contribution < 1.29 is 4.79 Å². The highest BCUT2D eigenvalue weighted by molar-refractivity contribution is 7.99. The van der Waals surface area contributed by atoms with Crippen molar-refractivity contribution >= 4 is 40.1 Å². The molecular formula is C24H24N4OS. The van der Waals surface area contributed by atoms with E-state index in [1.165, 1.54) is 28.5 Å². The van der Waals surface area contributed by atoms with Crippen LogP contribution in [-0.2, 0) is 11.3 Å². The van der Waals surface area contributed by atoms with Gasteiger partial charge in [-0.2, -0.15) is 0 Å². The number of aromatic nitrogens is 2. The third-order valence-corrected chi connectivity index (χ3v) is 5.79. The normalized spacial score (nSPS) is 11.0. The Morgan fingerprint density at radius 3 is 2.50 bits per heavy atom. The van der Waals surface area contributed by atoms with Gasteiger partial charge in [0.1, 0.15) is 0 Å². The van der Waals surface area contributed by atoms with E-state index in [1.54, 1.807) is 12.1 Å². The lowest BCUT2D eigenvalue weighted by atomic mass is 10.1. The van der Waals surface area contributed by atoms with Crippen LogP contribution in [0.1, 0.15) is 16.7 Å². The van der Waals surface area contributed by atoms with Gasteiger partial charge in [-0.15, -0.1) is 0 Å².